The molecule has 3 heteroatoms. The Morgan fingerprint density at radius 3 is 2.42 bits per heavy atom. The first-order valence-electron chi connectivity index (χ1n) is 6.35. The molecule has 1 aliphatic carbocycles. The topological polar surface area (TPSA) is 21.3 Å². The van der Waals surface area contributed by atoms with Crippen molar-refractivity contribution in [1.82, 2.24) is 5.32 Å². The number of para-hydroxylation sites is 1. The highest BCUT2D eigenvalue weighted by Gasteiger charge is 2.32. The predicted octanol–water partition coefficient (Wildman–Crippen LogP) is 3.37. The first kappa shape index (κ1) is 13.9. The zero-order chi connectivity index (χ0) is 12.4. The van der Waals surface area contributed by atoms with Gasteiger partial charge in [0.1, 0.15) is 11.9 Å². The zero-order valence-corrected chi connectivity index (χ0v) is 11.7. The summed E-state index contributed by atoms with van der Waals surface area (Å²) in [6.07, 6.45) is 1.14. The summed E-state index contributed by atoms with van der Waals surface area (Å²) >= 11 is 0. The molecule has 0 heterocycles. The second-order valence-corrected chi connectivity index (χ2v) is 4.65. The van der Waals surface area contributed by atoms with Crippen LogP contribution in [0.3, 0.4) is 0 Å². The van der Waals surface area contributed by atoms with Crippen molar-refractivity contribution in [1.29, 1.82) is 0 Å². The molecule has 1 aliphatic rings. The summed E-state index contributed by atoms with van der Waals surface area (Å²) in [6.45, 7) is 0. The van der Waals surface area contributed by atoms with Crippen molar-refractivity contribution in [2.45, 2.75) is 18.6 Å². The third kappa shape index (κ3) is 2.75. The zero-order valence-electron chi connectivity index (χ0n) is 10.9. The molecule has 1 N–H and O–H groups in total. The van der Waals surface area contributed by atoms with E-state index in [1.807, 2.05) is 37.4 Å². The number of ether oxygens (including phenoxy) is 1. The van der Waals surface area contributed by atoms with Crippen LogP contribution in [0.4, 0.5) is 0 Å². The smallest absolute Gasteiger partial charge is 0.140 e. The largest absolute Gasteiger partial charge is 0.484 e. The van der Waals surface area contributed by atoms with E-state index in [1.54, 1.807) is 0 Å². The minimum atomic E-state index is 0. The van der Waals surface area contributed by atoms with Crippen molar-refractivity contribution < 1.29 is 4.74 Å². The Bertz CT molecular complexity index is 529. The number of nitrogens with one attached hydrogen (secondary N) is 1. The van der Waals surface area contributed by atoms with Crippen LogP contribution in [0.1, 0.15) is 17.2 Å². The Morgan fingerprint density at radius 1 is 1.00 bits per heavy atom. The van der Waals surface area contributed by atoms with E-state index in [2.05, 4.69) is 29.6 Å². The highest BCUT2D eigenvalue weighted by atomic mass is 35.5. The van der Waals surface area contributed by atoms with Crippen LogP contribution in [-0.4, -0.2) is 13.1 Å². The summed E-state index contributed by atoms with van der Waals surface area (Å²) in [7, 11) is 2.00. The third-order valence-electron chi connectivity index (χ3n) is 3.54. The third-order valence-corrected chi connectivity index (χ3v) is 3.54. The van der Waals surface area contributed by atoms with Crippen molar-refractivity contribution in [2.24, 2.45) is 0 Å². The fraction of sp³-hybridized carbons (Fsp3) is 0.250. The van der Waals surface area contributed by atoms with Crippen molar-refractivity contribution in [3.63, 3.8) is 0 Å². The Hall–Kier alpha value is -1.51. The van der Waals surface area contributed by atoms with Crippen LogP contribution in [-0.2, 0) is 6.42 Å². The van der Waals surface area contributed by atoms with Crippen LogP contribution in [0.2, 0.25) is 0 Å². The van der Waals surface area contributed by atoms with E-state index in [0.29, 0.717) is 6.04 Å². The van der Waals surface area contributed by atoms with Crippen molar-refractivity contribution in [3.8, 4) is 5.75 Å². The van der Waals surface area contributed by atoms with Gasteiger partial charge in [0.2, 0.25) is 0 Å². The first-order valence-corrected chi connectivity index (χ1v) is 6.35. The standard InChI is InChI=1S/C16H17NO.ClH/c1-17-15-11-12-7-5-6-10-14(12)16(15)18-13-8-3-2-4-9-13;/h2-10,15-17H,11H2,1H3;1H/t15-,16+;/m1./s1. The van der Waals surface area contributed by atoms with Gasteiger partial charge in [0.15, 0.2) is 0 Å². The molecule has 2 atom stereocenters. The lowest BCUT2D eigenvalue weighted by Gasteiger charge is -2.21. The molecule has 0 amide bonds. The van der Waals surface area contributed by atoms with Gasteiger partial charge >= 0.3 is 0 Å². The van der Waals surface area contributed by atoms with Gasteiger partial charge in [0.05, 0.1) is 6.04 Å². The molecule has 2 aromatic rings. The molecule has 0 fully saturated rings. The number of rotatable bonds is 3. The number of halogens is 1. The van der Waals surface area contributed by atoms with Gasteiger partial charge < -0.3 is 10.1 Å². The van der Waals surface area contributed by atoms with E-state index in [9.17, 15) is 0 Å². The van der Waals surface area contributed by atoms with Gasteiger partial charge in [-0.2, -0.15) is 0 Å². The summed E-state index contributed by atoms with van der Waals surface area (Å²) in [4.78, 5) is 0. The maximum atomic E-state index is 6.14. The quantitative estimate of drug-likeness (QED) is 0.927. The minimum absolute atomic E-state index is 0. The molecule has 0 saturated carbocycles. The summed E-state index contributed by atoms with van der Waals surface area (Å²) in [6, 6.07) is 18.9. The molecule has 0 saturated heterocycles. The summed E-state index contributed by atoms with van der Waals surface area (Å²) in [5, 5.41) is 3.36. The number of fused-ring (bicyclic) bond motifs is 1. The monoisotopic (exact) mass is 275 g/mol. The molecule has 0 unspecified atom stereocenters. The van der Waals surface area contributed by atoms with E-state index in [0.717, 1.165) is 12.2 Å². The maximum Gasteiger partial charge on any atom is 0.140 e. The second kappa shape index (κ2) is 6.09. The molecule has 3 rings (SSSR count). The van der Waals surface area contributed by atoms with Gasteiger partial charge in [-0.3, -0.25) is 0 Å². The average molecular weight is 276 g/mol. The lowest BCUT2D eigenvalue weighted by molar-refractivity contribution is 0.172. The Morgan fingerprint density at radius 2 is 1.68 bits per heavy atom. The van der Waals surface area contributed by atoms with Gasteiger partial charge in [-0.15, -0.1) is 12.4 Å². The lowest BCUT2D eigenvalue weighted by atomic mass is 10.1. The van der Waals surface area contributed by atoms with Crippen LogP contribution in [0.5, 0.6) is 5.75 Å². The van der Waals surface area contributed by atoms with Gasteiger partial charge in [0.25, 0.3) is 0 Å². The van der Waals surface area contributed by atoms with Crippen molar-refractivity contribution in [3.05, 3.63) is 65.7 Å². The minimum Gasteiger partial charge on any atom is -0.484 e. The average Bonchev–Trinajstić information content (AvgIpc) is 2.78. The molecule has 0 bridgehead atoms. The Labute approximate surface area is 120 Å². The summed E-state index contributed by atoms with van der Waals surface area (Å²) in [5.41, 5.74) is 2.69. The fourth-order valence-corrected chi connectivity index (χ4v) is 2.60. The van der Waals surface area contributed by atoms with Crippen molar-refractivity contribution in [2.75, 3.05) is 7.05 Å². The van der Waals surface area contributed by atoms with Gasteiger partial charge in [0, 0.05) is 0 Å². The van der Waals surface area contributed by atoms with Gasteiger partial charge in [-0.05, 0) is 36.7 Å². The highest BCUT2D eigenvalue weighted by Crippen LogP contribution is 2.34. The van der Waals surface area contributed by atoms with Gasteiger partial charge in [-0.25, -0.2) is 0 Å². The number of benzene rings is 2. The first-order chi connectivity index (χ1) is 8.88. The van der Waals surface area contributed by atoms with E-state index >= 15 is 0 Å². The molecule has 100 valence electrons. The number of hydrogen-bond donors (Lipinski definition) is 1. The summed E-state index contributed by atoms with van der Waals surface area (Å²) in [5.74, 6) is 0.930. The normalized spacial score (nSPS) is 20.5. The molecule has 2 aromatic carbocycles. The molecule has 0 aliphatic heterocycles. The molecule has 0 aromatic heterocycles. The van der Waals surface area contributed by atoms with Crippen LogP contribution in [0.25, 0.3) is 0 Å². The lowest BCUT2D eigenvalue weighted by Crippen LogP contribution is -2.32. The van der Waals surface area contributed by atoms with Crippen LogP contribution < -0.4 is 10.1 Å². The van der Waals surface area contributed by atoms with Gasteiger partial charge in [-0.1, -0.05) is 42.5 Å². The SMILES string of the molecule is CN[C@@H]1Cc2ccccc2[C@@H]1Oc1ccccc1.Cl. The van der Waals surface area contributed by atoms with Crippen LogP contribution in [0, 0.1) is 0 Å². The molecule has 19 heavy (non-hydrogen) atoms. The van der Waals surface area contributed by atoms with E-state index < -0.39 is 0 Å². The summed E-state index contributed by atoms with van der Waals surface area (Å²) < 4.78 is 6.14. The second-order valence-electron chi connectivity index (χ2n) is 4.65. The number of hydrogen-bond acceptors (Lipinski definition) is 2. The van der Waals surface area contributed by atoms with E-state index in [-0.39, 0.29) is 18.5 Å². The molecular formula is C16H18ClNO. The van der Waals surface area contributed by atoms with Crippen LogP contribution in [0.15, 0.2) is 54.6 Å². The Kier molecular flexibility index (Phi) is 4.46. The molecule has 0 radical (unpaired) electrons. The van der Waals surface area contributed by atoms with E-state index in [4.69, 9.17) is 4.74 Å². The Balaban J connectivity index is 0.00000133. The molecular weight excluding hydrogens is 258 g/mol. The van der Waals surface area contributed by atoms with Crippen molar-refractivity contribution >= 4 is 12.4 Å². The maximum absolute atomic E-state index is 6.14. The van der Waals surface area contributed by atoms with E-state index in [1.165, 1.54) is 11.1 Å². The highest BCUT2D eigenvalue weighted by molar-refractivity contribution is 5.85. The molecule has 0 spiro atoms. The number of likely N-dealkylation sites (N-methyl/N-ethyl adjacent to an activating group) is 1. The molecule has 2 nitrogen and oxygen atoms in total. The predicted molar refractivity (Wildman–Crippen MR) is 80.1 cm³/mol. The van der Waals surface area contributed by atoms with Crippen LogP contribution >= 0.6 is 12.4 Å². The fourth-order valence-electron chi connectivity index (χ4n) is 2.60.